The molecule has 3 rings (SSSR count). The van der Waals surface area contributed by atoms with E-state index < -0.39 is 0 Å². The Morgan fingerprint density at radius 3 is 2.35 bits per heavy atom. The normalized spacial score (nSPS) is 15.0. The van der Waals surface area contributed by atoms with E-state index in [0.29, 0.717) is 0 Å². The number of aryl methyl sites for hydroxylation is 2. The van der Waals surface area contributed by atoms with E-state index in [-0.39, 0.29) is 6.03 Å². The summed E-state index contributed by atoms with van der Waals surface area (Å²) < 4.78 is 5.43. The highest BCUT2D eigenvalue weighted by molar-refractivity contribution is 5.89. The fourth-order valence-corrected chi connectivity index (χ4v) is 3.43. The number of hydrogen-bond donors (Lipinski definition) is 1. The van der Waals surface area contributed by atoms with Crippen molar-refractivity contribution in [1.82, 2.24) is 9.80 Å². The highest BCUT2D eigenvalue weighted by Gasteiger charge is 2.22. The molecule has 5 nitrogen and oxygen atoms in total. The van der Waals surface area contributed by atoms with Crippen LogP contribution in [0.3, 0.4) is 0 Å². The van der Waals surface area contributed by atoms with Gasteiger partial charge < -0.3 is 15.0 Å². The number of methoxy groups -OCH3 is 1. The van der Waals surface area contributed by atoms with Gasteiger partial charge in [-0.3, -0.25) is 4.90 Å². The molecule has 0 spiro atoms. The molecule has 5 heteroatoms. The summed E-state index contributed by atoms with van der Waals surface area (Å²) in [6, 6.07) is 14.2. The Balaban J connectivity index is 1.53. The average molecular weight is 353 g/mol. The monoisotopic (exact) mass is 353 g/mol. The molecule has 1 aliphatic rings. The lowest BCUT2D eigenvalue weighted by Crippen LogP contribution is -2.49. The lowest BCUT2D eigenvalue weighted by Gasteiger charge is -2.35. The van der Waals surface area contributed by atoms with Crippen molar-refractivity contribution in [3.63, 3.8) is 0 Å². The van der Waals surface area contributed by atoms with Crippen LogP contribution in [-0.4, -0.2) is 49.1 Å². The summed E-state index contributed by atoms with van der Waals surface area (Å²) in [6.45, 7) is 8.10. The van der Waals surface area contributed by atoms with Gasteiger partial charge in [-0.2, -0.15) is 0 Å². The highest BCUT2D eigenvalue weighted by Crippen LogP contribution is 2.20. The first-order valence-corrected chi connectivity index (χ1v) is 9.03. The molecular weight excluding hydrogens is 326 g/mol. The van der Waals surface area contributed by atoms with Crippen LogP contribution in [0.15, 0.2) is 42.5 Å². The van der Waals surface area contributed by atoms with E-state index in [9.17, 15) is 4.79 Å². The number of amides is 2. The summed E-state index contributed by atoms with van der Waals surface area (Å²) in [5.74, 6) is 0.919. The summed E-state index contributed by atoms with van der Waals surface area (Å²) in [4.78, 5) is 16.8. The van der Waals surface area contributed by atoms with Gasteiger partial charge in [0.25, 0.3) is 0 Å². The maximum atomic E-state index is 12.5. The Labute approximate surface area is 155 Å². The number of rotatable bonds is 4. The Kier molecular flexibility index (Phi) is 5.78. The molecule has 2 amide bonds. The third-order valence-electron chi connectivity index (χ3n) is 4.72. The van der Waals surface area contributed by atoms with Crippen molar-refractivity contribution in [2.45, 2.75) is 20.4 Å². The van der Waals surface area contributed by atoms with Crippen LogP contribution in [0.1, 0.15) is 16.7 Å². The van der Waals surface area contributed by atoms with Crippen LogP contribution in [0.4, 0.5) is 10.5 Å². The van der Waals surface area contributed by atoms with Gasteiger partial charge in [0.2, 0.25) is 0 Å². The minimum absolute atomic E-state index is 0.0214. The lowest BCUT2D eigenvalue weighted by atomic mass is 10.1. The predicted octanol–water partition coefficient (Wildman–Crippen LogP) is 3.66. The number of hydrogen-bond acceptors (Lipinski definition) is 3. The van der Waals surface area contributed by atoms with Gasteiger partial charge in [-0.05, 0) is 43.2 Å². The van der Waals surface area contributed by atoms with Gasteiger partial charge in [-0.15, -0.1) is 0 Å². The van der Waals surface area contributed by atoms with Gasteiger partial charge in [0.05, 0.1) is 7.11 Å². The topological polar surface area (TPSA) is 44.8 Å². The SMILES string of the molecule is COc1ccccc1CN1CCN(C(=O)Nc2cc(C)cc(C)c2)CC1. The first-order valence-electron chi connectivity index (χ1n) is 9.03. The third-order valence-corrected chi connectivity index (χ3v) is 4.72. The van der Waals surface area contributed by atoms with Crippen molar-refractivity contribution in [1.29, 1.82) is 0 Å². The number of piperazine rings is 1. The van der Waals surface area contributed by atoms with Gasteiger partial charge in [0.1, 0.15) is 5.75 Å². The molecule has 26 heavy (non-hydrogen) atoms. The zero-order valence-electron chi connectivity index (χ0n) is 15.8. The van der Waals surface area contributed by atoms with E-state index in [4.69, 9.17) is 4.74 Å². The van der Waals surface area contributed by atoms with Crippen LogP contribution in [0.5, 0.6) is 5.75 Å². The minimum Gasteiger partial charge on any atom is -0.496 e. The molecule has 1 aliphatic heterocycles. The van der Waals surface area contributed by atoms with Crippen LogP contribution in [0.25, 0.3) is 0 Å². The van der Waals surface area contributed by atoms with Crippen LogP contribution < -0.4 is 10.1 Å². The number of nitrogens with zero attached hydrogens (tertiary/aromatic N) is 2. The fraction of sp³-hybridized carbons (Fsp3) is 0.381. The molecule has 0 radical (unpaired) electrons. The van der Waals surface area contributed by atoms with Gasteiger partial charge in [0, 0.05) is 44.0 Å². The van der Waals surface area contributed by atoms with Crippen LogP contribution in [0, 0.1) is 13.8 Å². The summed E-state index contributed by atoms with van der Waals surface area (Å²) in [7, 11) is 1.70. The van der Waals surface area contributed by atoms with Crippen molar-refractivity contribution in [2.75, 3.05) is 38.6 Å². The second-order valence-corrected chi connectivity index (χ2v) is 6.88. The van der Waals surface area contributed by atoms with Crippen molar-refractivity contribution >= 4 is 11.7 Å². The van der Waals surface area contributed by atoms with Crippen molar-refractivity contribution in [3.8, 4) is 5.75 Å². The van der Waals surface area contributed by atoms with Crippen LogP contribution in [-0.2, 0) is 6.54 Å². The molecule has 1 N–H and O–H groups in total. The summed E-state index contributed by atoms with van der Waals surface area (Å²) in [5, 5.41) is 3.02. The average Bonchev–Trinajstić information content (AvgIpc) is 2.62. The minimum atomic E-state index is -0.0214. The second kappa shape index (κ2) is 8.23. The van der Waals surface area contributed by atoms with Gasteiger partial charge >= 0.3 is 6.03 Å². The Hall–Kier alpha value is -2.53. The highest BCUT2D eigenvalue weighted by atomic mass is 16.5. The van der Waals surface area contributed by atoms with Crippen molar-refractivity contribution in [2.24, 2.45) is 0 Å². The van der Waals surface area contributed by atoms with Crippen LogP contribution >= 0.6 is 0 Å². The van der Waals surface area contributed by atoms with Gasteiger partial charge in [-0.25, -0.2) is 4.79 Å². The molecule has 0 atom stereocenters. The first-order chi connectivity index (χ1) is 12.5. The van der Waals surface area contributed by atoms with Crippen molar-refractivity contribution < 1.29 is 9.53 Å². The molecule has 2 aromatic rings. The quantitative estimate of drug-likeness (QED) is 0.912. The largest absolute Gasteiger partial charge is 0.496 e. The zero-order valence-corrected chi connectivity index (χ0v) is 15.8. The molecule has 2 aromatic carbocycles. The smallest absolute Gasteiger partial charge is 0.321 e. The Morgan fingerprint density at radius 2 is 1.69 bits per heavy atom. The van der Waals surface area contributed by atoms with Crippen LogP contribution in [0.2, 0.25) is 0 Å². The molecule has 0 unspecified atom stereocenters. The number of para-hydroxylation sites is 1. The molecular formula is C21H27N3O2. The van der Waals surface area contributed by atoms with E-state index in [1.165, 1.54) is 5.56 Å². The summed E-state index contributed by atoms with van der Waals surface area (Å²) >= 11 is 0. The second-order valence-electron chi connectivity index (χ2n) is 6.88. The molecule has 0 aromatic heterocycles. The first kappa shape index (κ1) is 18.3. The lowest BCUT2D eigenvalue weighted by molar-refractivity contribution is 0.142. The number of ether oxygens (including phenoxy) is 1. The number of nitrogens with one attached hydrogen (secondary N) is 1. The Morgan fingerprint density at radius 1 is 1.04 bits per heavy atom. The predicted molar refractivity (Wildman–Crippen MR) is 105 cm³/mol. The van der Waals surface area contributed by atoms with Crippen molar-refractivity contribution in [3.05, 3.63) is 59.2 Å². The van der Waals surface area contributed by atoms with E-state index in [2.05, 4.69) is 22.3 Å². The van der Waals surface area contributed by atoms with Gasteiger partial charge in [-0.1, -0.05) is 24.3 Å². The molecule has 138 valence electrons. The standard InChI is InChI=1S/C21H27N3O2/c1-16-12-17(2)14-19(13-16)22-21(25)24-10-8-23(9-11-24)15-18-6-4-5-7-20(18)26-3/h4-7,12-14H,8-11,15H2,1-3H3,(H,22,25). The number of benzene rings is 2. The molecule has 1 fully saturated rings. The molecule has 1 saturated heterocycles. The fourth-order valence-electron chi connectivity index (χ4n) is 3.43. The molecule has 0 aliphatic carbocycles. The van der Waals surface area contributed by atoms with E-state index in [1.807, 2.05) is 49.1 Å². The third kappa shape index (κ3) is 4.55. The number of carbonyl (C=O) groups is 1. The maximum Gasteiger partial charge on any atom is 0.321 e. The van der Waals surface area contributed by atoms with E-state index in [1.54, 1.807) is 7.11 Å². The molecule has 1 heterocycles. The molecule has 0 bridgehead atoms. The van der Waals surface area contributed by atoms with Gasteiger partial charge in [0.15, 0.2) is 0 Å². The molecule has 0 saturated carbocycles. The number of urea groups is 1. The zero-order chi connectivity index (χ0) is 18.5. The van der Waals surface area contributed by atoms with E-state index >= 15 is 0 Å². The maximum absolute atomic E-state index is 12.5. The Bertz CT molecular complexity index is 747. The summed E-state index contributed by atoms with van der Waals surface area (Å²) in [5.41, 5.74) is 4.36. The van der Waals surface area contributed by atoms with E-state index in [0.717, 1.165) is 55.3 Å². The summed E-state index contributed by atoms with van der Waals surface area (Å²) in [6.07, 6.45) is 0. The number of anilines is 1. The number of carbonyl (C=O) groups excluding carboxylic acids is 1.